The van der Waals surface area contributed by atoms with E-state index in [1.54, 1.807) is 0 Å². The maximum absolute atomic E-state index is 6.06. The van der Waals surface area contributed by atoms with E-state index in [0.717, 1.165) is 34.4 Å². The van der Waals surface area contributed by atoms with Crippen LogP contribution >= 0.6 is 15.9 Å². The van der Waals surface area contributed by atoms with E-state index in [1.165, 1.54) is 12.8 Å². The minimum atomic E-state index is 0.329. The predicted octanol–water partition coefficient (Wildman–Crippen LogP) is 3.82. The molecule has 0 spiro atoms. The molecule has 0 bridgehead atoms. The van der Waals surface area contributed by atoms with E-state index in [1.807, 2.05) is 24.4 Å². The first-order valence-electron chi connectivity index (χ1n) is 6.79. The quantitative estimate of drug-likeness (QED) is 0.884. The molecule has 19 heavy (non-hydrogen) atoms. The molecular formula is C15H18BrN3. The number of halogens is 1. The fraction of sp³-hybridized carbons (Fsp3) is 0.400. The Bertz CT molecular complexity index is 564. The Labute approximate surface area is 121 Å². The third-order valence-electron chi connectivity index (χ3n) is 3.86. The Hall–Kier alpha value is -1.13. The number of aromatic amines is 1. The van der Waals surface area contributed by atoms with Gasteiger partial charge in [0.05, 0.1) is 11.9 Å². The number of rotatable bonds is 2. The zero-order valence-corrected chi connectivity index (χ0v) is 12.4. The lowest BCUT2D eigenvalue weighted by Gasteiger charge is -2.24. The molecule has 1 fully saturated rings. The Balaban J connectivity index is 1.85. The van der Waals surface area contributed by atoms with Crippen LogP contribution in [-0.4, -0.2) is 16.0 Å². The molecule has 4 heteroatoms. The Morgan fingerprint density at radius 2 is 2.11 bits per heavy atom. The van der Waals surface area contributed by atoms with E-state index in [-0.39, 0.29) is 0 Å². The van der Waals surface area contributed by atoms with Crippen molar-refractivity contribution < 1.29 is 0 Å². The first kappa shape index (κ1) is 12.9. The molecule has 2 unspecified atom stereocenters. The molecule has 2 aromatic rings. The molecule has 1 saturated carbocycles. The molecule has 1 aromatic heterocycles. The van der Waals surface area contributed by atoms with Crippen LogP contribution in [0.25, 0.3) is 11.3 Å². The molecule has 1 heterocycles. The maximum Gasteiger partial charge on any atom is 0.109 e. The lowest BCUT2D eigenvalue weighted by Crippen LogP contribution is -2.27. The summed E-state index contributed by atoms with van der Waals surface area (Å²) in [5, 5.41) is 0. The van der Waals surface area contributed by atoms with Crippen LogP contribution in [0.4, 0.5) is 0 Å². The minimum absolute atomic E-state index is 0.329. The van der Waals surface area contributed by atoms with E-state index in [4.69, 9.17) is 5.73 Å². The minimum Gasteiger partial charge on any atom is -0.342 e. The zero-order valence-electron chi connectivity index (χ0n) is 10.8. The number of aromatic nitrogens is 2. The third-order valence-corrected chi connectivity index (χ3v) is 4.55. The van der Waals surface area contributed by atoms with Crippen LogP contribution in [0.1, 0.15) is 37.4 Å². The molecule has 3 rings (SSSR count). The highest BCUT2D eigenvalue weighted by atomic mass is 79.9. The monoisotopic (exact) mass is 319 g/mol. The van der Waals surface area contributed by atoms with Crippen LogP contribution in [0, 0.1) is 0 Å². The van der Waals surface area contributed by atoms with Gasteiger partial charge in [-0.3, -0.25) is 0 Å². The number of nitrogens with one attached hydrogen (secondary N) is 1. The Kier molecular flexibility index (Phi) is 3.71. The summed E-state index contributed by atoms with van der Waals surface area (Å²) in [5.41, 5.74) is 8.28. The fourth-order valence-electron chi connectivity index (χ4n) is 2.84. The van der Waals surface area contributed by atoms with Crippen molar-refractivity contribution >= 4 is 15.9 Å². The number of hydrogen-bond donors (Lipinski definition) is 2. The van der Waals surface area contributed by atoms with Crippen molar-refractivity contribution in [2.24, 2.45) is 5.73 Å². The molecule has 1 aliphatic carbocycles. The highest BCUT2D eigenvalue weighted by Gasteiger charge is 2.23. The second-order valence-electron chi connectivity index (χ2n) is 5.29. The largest absolute Gasteiger partial charge is 0.342 e. The summed E-state index contributed by atoms with van der Waals surface area (Å²) in [6.45, 7) is 0. The van der Waals surface area contributed by atoms with Gasteiger partial charge in [-0.15, -0.1) is 0 Å². The standard InChI is InChI=1S/C15H18BrN3/c16-13-7-2-1-6-12(13)14-9-18-15(19-14)10-4-3-5-11(17)8-10/h1-2,6-7,9-11H,3-5,8,17H2,(H,18,19). The summed E-state index contributed by atoms with van der Waals surface area (Å²) in [6, 6.07) is 8.53. The average Bonchev–Trinajstić information content (AvgIpc) is 2.89. The summed E-state index contributed by atoms with van der Waals surface area (Å²) in [5.74, 6) is 1.57. The number of imidazole rings is 1. The van der Waals surface area contributed by atoms with Gasteiger partial charge in [0.15, 0.2) is 0 Å². The van der Waals surface area contributed by atoms with Gasteiger partial charge in [-0.05, 0) is 25.3 Å². The molecule has 1 aromatic carbocycles. The molecule has 0 radical (unpaired) electrons. The van der Waals surface area contributed by atoms with E-state index in [2.05, 4.69) is 32.0 Å². The van der Waals surface area contributed by atoms with Gasteiger partial charge >= 0.3 is 0 Å². The van der Waals surface area contributed by atoms with E-state index >= 15 is 0 Å². The van der Waals surface area contributed by atoms with Crippen molar-refractivity contribution in [3.05, 3.63) is 40.8 Å². The Morgan fingerprint density at radius 1 is 1.26 bits per heavy atom. The molecule has 0 aliphatic heterocycles. The normalized spacial score (nSPS) is 23.5. The van der Waals surface area contributed by atoms with Crippen molar-refractivity contribution in [3.8, 4) is 11.3 Å². The van der Waals surface area contributed by atoms with Crippen LogP contribution in [-0.2, 0) is 0 Å². The molecule has 0 amide bonds. The molecule has 100 valence electrons. The van der Waals surface area contributed by atoms with E-state index in [9.17, 15) is 0 Å². The molecule has 3 nitrogen and oxygen atoms in total. The average molecular weight is 320 g/mol. The summed E-state index contributed by atoms with van der Waals surface area (Å²) in [4.78, 5) is 8.02. The molecule has 3 N–H and O–H groups in total. The lowest BCUT2D eigenvalue weighted by atomic mass is 9.86. The van der Waals surface area contributed by atoms with E-state index < -0.39 is 0 Å². The van der Waals surface area contributed by atoms with Gasteiger partial charge in [-0.25, -0.2) is 4.98 Å². The highest BCUT2D eigenvalue weighted by molar-refractivity contribution is 9.10. The number of benzene rings is 1. The van der Waals surface area contributed by atoms with Gasteiger partial charge in [0.25, 0.3) is 0 Å². The van der Waals surface area contributed by atoms with Crippen molar-refractivity contribution in [2.45, 2.75) is 37.6 Å². The molecule has 1 aliphatic rings. The summed E-state index contributed by atoms with van der Waals surface area (Å²) < 4.78 is 1.09. The Morgan fingerprint density at radius 3 is 2.89 bits per heavy atom. The maximum atomic E-state index is 6.06. The van der Waals surface area contributed by atoms with Crippen LogP contribution in [0.3, 0.4) is 0 Å². The number of nitrogens with two attached hydrogens (primary N) is 1. The SMILES string of the molecule is NC1CCCC(c2ncc(-c3ccccc3Br)[nH]2)C1. The lowest BCUT2D eigenvalue weighted by molar-refractivity contribution is 0.383. The fourth-order valence-corrected chi connectivity index (χ4v) is 3.33. The van der Waals surface area contributed by atoms with Crippen LogP contribution in [0.15, 0.2) is 34.9 Å². The predicted molar refractivity (Wildman–Crippen MR) is 80.9 cm³/mol. The van der Waals surface area contributed by atoms with Gasteiger partial charge in [0, 0.05) is 22.0 Å². The topological polar surface area (TPSA) is 54.7 Å². The van der Waals surface area contributed by atoms with Gasteiger partial charge in [-0.2, -0.15) is 0 Å². The summed E-state index contributed by atoms with van der Waals surface area (Å²) >= 11 is 3.58. The van der Waals surface area contributed by atoms with Crippen LogP contribution < -0.4 is 5.73 Å². The van der Waals surface area contributed by atoms with Crippen LogP contribution in [0.2, 0.25) is 0 Å². The summed E-state index contributed by atoms with van der Waals surface area (Å²) in [7, 11) is 0. The highest BCUT2D eigenvalue weighted by Crippen LogP contribution is 2.33. The van der Waals surface area contributed by atoms with Crippen molar-refractivity contribution in [1.82, 2.24) is 9.97 Å². The van der Waals surface area contributed by atoms with Gasteiger partial charge < -0.3 is 10.7 Å². The third kappa shape index (κ3) is 2.74. The first-order valence-corrected chi connectivity index (χ1v) is 7.58. The molecule has 2 atom stereocenters. The van der Waals surface area contributed by atoms with E-state index in [0.29, 0.717) is 12.0 Å². The first-order chi connectivity index (χ1) is 9.24. The number of nitrogens with zero attached hydrogens (tertiary/aromatic N) is 1. The van der Waals surface area contributed by atoms with Crippen molar-refractivity contribution in [1.29, 1.82) is 0 Å². The van der Waals surface area contributed by atoms with Crippen molar-refractivity contribution in [3.63, 3.8) is 0 Å². The second kappa shape index (κ2) is 5.47. The van der Waals surface area contributed by atoms with Gasteiger partial charge in [0.1, 0.15) is 5.82 Å². The smallest absolute Gasteiger partial charge is 0.109 e. The zero-order chi connectivity index (χ0) is 13.2. The number of hydrogen-bond acceptors (Lipinski definition) is 2. The van der Waals surface area contributed by atoms with Crippen LogP contribution in [0.5, 0.6) is 0 Å². The number of H-pyrrole nitrogens is 1. The second-order valence-corrected chi connectivity index (χ2v) is 6.14. The van der Waals surface area contributed by atoms with Crippen molar-refractivity contribution in [2.75, 3.05) is 0 Å². The van der Waals surface area contributed by atoms with Gasteiger partial charge in [-0.1, -0.05) is 40.5 Å². The molecule has 0 saturated heterocycles. The van der Waals surface area contributed by atoms with Gasteiger partial charge in [0.2, 0.25) is 0 Å². The molecular weight excluding hydrogens is 302 g/mol. The summed E-state index contributed by atoms with van der Waals surface area (Å²) in [6.07, 6.45) is 6.51.